The second-order valence-corrected chi connectivity index (χ2v) is 18.8. The number of aromatic amines is 1. The molecule has 1 atom stereocenters. The normalized spacial score (nSPS) is 19.6. The van der Waals surface area contributed by atoms with Crippen LogP contribution in [0.2, 0.25) is 0 Å². The number of benzene rings is 2. The van der Waals surface area contributed by atoms with Crippen molar-refractivity contribution in [3.8, 4) is 11.5 Å². The number of hydrogen-bond donors (Lipinski definition) is 3. The van der Waals surface area contributed by atoms with E-state index in [0.29, 0.717) is 49.2 Å². The number of nitro groups is 1. The summed E-state index contributed by atoms with van der Waals surface area (Å²) in [5.74, 6) is 0.219. The molecule has 5 aromatic rings. The number of aromatic nitrogens is 3. The maximum Gasteiger partial charge on any atom is 0.312 e. The molecule has 4 aliphatic rings. The Bertz CT molecular complexity index is 2520. The number of rotatable bonds is 13. The fourth-order valence-electron chi connectivity index (χ4n) is 9.65. The van der Waals surface area contributed by atoms with Gasteiger partial charge in [-0.3, -0.25) is 19.8 Å². The quantitative estimate of drug-likeness (QED) is 0.0783. The minimum absolute atomic E-state index is 0.0330. The van der Waals surface area contributed by atoms with Gasteiger partial charge >= 0.3 is 5.69 Å². The Morgan fingerprint density at radius 1 is 1.05 bits per heavy atom. The Morgan fingerprint density at radius 3 is 2.63 bits per heavy atom. The number of carbonyl (C=O) groups excluding carboxylic acids is 1. The van der Waals surface area contributed by atoms with Crippen LogP contribution in [0.5, 0.6) is 11.5 Å². The van der Waals surface area contributed by atoms with Gasteiger partial charge in [0.25, 0.3) is 15.9 Å². The predicted octanol–water partition coefficient (Wildman–Crippen LogP) is 7.54. The molecule has 4 fully saturated rings. The lowest BCUT2D eigenvalue weighted by atomic mass is 9.60. The minimum atomic E-state index is -4.60. The third-order valence-electron chi connectivity index (χ3n) is 12.8. The number of fused-ring (bicyclic) bond motifs is 1. The first-order valence-corrected chi connectivity index (χ1v) is 22.3. The van der Waals surface area contributed by atoms with Crippen molar-refractivity contribution in [2.24, 2.45) is 11.3 Å². The molecule has 1 spiro atoms. The number of amides is 1. The summed E-state index contributed by atoms with van der Waals surface area (Å²) in [4.78, 5) is 41.2. The third-order valence-corrected chi connectivity index (χ3v) is 14.1. The van der Waals surface area contributed by atoms with Crippen LogP contribution in [-0.2, 0) is 14.8 Å². The molecule has 60 heavy (non-hydrogen) atoms. The number of H-pyrrole nitrogens is 1. The summed E-state index contributed by atoms with van der Waals surface area (Å²) in [6.07, 6.45) is 10.6. The summed E-state index contributed by atoms with van der Waals surface area (Å²) < 4.78 is 41.0. The van der Waals surface area contributed by atoms with Crippen LogP contribution in [-0.4, -0.2) is 84.5 Å². The second kappa shape index (κ2) is 16.1. The molecule has 9 rings (SSSR count). The van der Waals surface area contributed by atoms with Gasteiger partial charge in [0, 0.05) is 79.7 Å². The smallest absolute Gasteiger partial charge is 0.312 e. The zero-order chi connectivity index (χ0) is 41.6. The Hall–Kier alpha value is -5.58. The van der Waals surface area contributed by atoms with Crippen molar-refractivity contribution >= 4 is 44.2 Å². The van der Waals surface area contributed by atoms with E-state index in [0.717, 1.165) is 68.7 Å². The zero-order valence-corrected chi connectivity index (χ0v) is 34.6. The summed E-state index contributed by atoms with van der Waals surface area (Å²) >= 11 is 0. The SMILES string of the molecule is CC(C)c1ccccc1[C@H]1CCCN1C1CC2(C1)CN(c1ccc(C(=O)NS(=O)(=O)c3cnc(NCC4CCOCC4)c([N+](=O)[O-])c3)c(Oc3cnc4[nH]ccc4c3)c1)C2. The molecule has 1 saturated carbocycles. The molecule has 6 heterocycles. The number of likely N-dealkylation sites (tertiary alicyclic amines) is 1. The number of anilines is 2. The van der Waals surface area contributed by atoms with Crippen LogP contribution in [0.25, 0.3) is 11.0 Å². The van der Waals surface area contributed by atoms with Crippen molar-refractivity contribution < 1.29 is 27.6 Å². The number of carbonyl (C=O) groups is 1. The van der Waals surface area contributed by atoms with E-state index in [1.54, 1.807) is 30.5 Å². The van der Waals surface area contributed by atoms with E-state index in [4.69, 9.17) is 9.47 Å². The van der Waals surface area contributed by atoms with E-state index < -0.39 is 31.4 Å². The molecule has 0 radical (unpaired) electrons. The van der Waals surface area contributed by atoms with Gasteiger partial charge < -0.3 is 24.7 Å². The second-order valence-electron chi connectivity index (χ2n) is 17.1. The van der Waals surface area contributed by atoms with Crippen molar-refractivity contribution in [1.82, 2.24) is 24.6 Å². The fourth-order valence-corrected chi connectivity index (χ4v) is 10.6. The van der Waals surface area contributed by atoms with Gasteiger partial charge in [-0.2, -0.15) is 0 Å². The summed E-state index contributed by atoms with van der Waals surface area (Å²) in [7, 11) is -4.60. The van der Waals surface area contributed by atoms with Gasteiger partial charge in [0.05, 0.1) is 22.9 Å². The standard InChI is InChI=1S/C44H50N8O7S/c1-28(2)35-6-3-4-7-36(35)38-8-5-15-51(38)32-21-44(22-32)26-50(27-44)31-9-10-37(40(19-31)59-33-18-30-11-14-45-41(30)47-24-33)43(53)49-60(56,57)34-20-39(52(54)55)42(48-25-34)46-23-29-12-16-58-17-13-29/h3-4,6-7,9-11,14,18-20,24-25,28-29,32,38H,5,8,12-13,15-17,21-23,26-27H2,1-2H3,(H,45,47)(H,46,48)(H,49,53)/t38-/m1/s1. The monoisotopic (exact) mass is 834 g/mol. The van der Waals surface area contributed by atoms with Crippen LogP contribution in [0, 0.1) is 21.4 Å². The Balaban J connectivity index is 0.912. The average Bonchev–Trinajstić information content (AvgIpc) is 3.89. The Labute approximate surface area is 349 Å². The van der Waals surface area contributed by atoms with Crippen LogP contribution in [0.4, 0.5) is 17.2 Å². The van der Waals surface area contributed by atoms with Crippen LogP contribution in [0.3, 0.4) is 0 Å². The molecule has 3 N–H and O–H groups in total. The van der Waals surface area contributed by atoms with Gasteiger partial charge in [-0.1, -0.05) is 38.1 Å². The first-order valence-electron chi connectivity index (χ1n) is 20.8. The Kier molecular flexibility index (Phi) is 10.7. The number of ether oxygens (including phenoxy) is 2. The molecule has 0 unspecified atom stereocenters. The number of pyridine rings is 2. The van der Waals surface area contributed by atoms with Crippen LogP contribution < -0.4 is 19.7 Å². The van der Waals surface area contributed by atoms with Crippen molar-refractivity contribution in [3.05, 3.63) is 106 Å². The number of nitrogens with zero attached hydrogens (tertiary/aromatic N) is 5. The van der Waals surface area contributed by atoms with Crippen LogP contribution in [0.15, 0.2) is 84.1 Å². The van der Waals surface area contributed by atoms with E-state index in [1.807, 2.05) is 6.07 Å². The van der Waals surface area contributed by atoms with Crippen molar-refractivity contribution in [2.75, 3.05) is 49.6 Å². The molecule has 0 bridgehead atoms. The zero-order valence-electron chi connectivity index (χ0n) is 33.8. The molecular formula is C44H50N8O7S. The van der Waals surface area contributed by atoms with E-state index >= 15 is 0 Å². The molecule has 15 nitrogen and oxygen atoms in total. The summed E-state index contributed by atoms with van der Waals surface area (Å²) in [5, 5.41) is 15.8. The average molecular weight is 835 g/mol. The van der Waals surface area contributed by atoms with E-state index in [1.165, 1.54) is 30.2 Å². The fraction of sp³-hybridized carbons (Fsp3) is 0.432. The molecule has 1 aliphatic carbocycles. The van der Waals surface area contributed by atoms with Crippen molar-refractivity contribution in [3.63, 3.8) is 0 Å². The van der Waals surface area contributed by atoms with Gasteiger partial charge in [-0.25, -0.2) is 23.1 Å². The molecule has 3 saturated heterocycles. The lowest BCUT2D eigenvalue weighted by Crippen LogP contribution is -2.66. The van der Waals surface area contributed by atoms with Gasteiger partial charge in [-0.05, 0) is 92.3 Å². The third kappa shape index (κ3) is 7.90. The topological polar surface area (TPSA) is 185 Å². The highest BCUT2D eigenvalue weighted by Gasteiger charge is 2.55. The molecule has 1 amide bonds. The van der Waals surface area contributed by atoms with Crippen LogP contribution in [0.1, 0.15) is 85.8 Å². The maximum absolute atomic E-state index is 13.9. The van der Waals surface area contributed by atoms with Gasteiger partial charge in [0.15, 0.2) is 0 Å². The molecule has 314 valence electrons. The summed E-state index contributed by atoms with van der Waals surface area (Å²) in [6.45, 7) is 9.06. The number of sulfonamides is 1. The lowest BCUT2D eigenvalue weighted by Gasteiger charge is -2.62. The summed E-state index contributed by atoms with van der Waals surface area (Å²) in [6, 6.07) is 19.6. The minimum Gasteiger partial charge on any atom is -0.455 e. The maximum atomic E-state index is 13.9. The molecule has 3 aliphatic heterocycles. The van der Waals surface area contributed by atoms with E-state index in [2.05, 4.69) is 72.9 Å². The van der Waals surface area contributed by atoms with Gasteiger partial charge in [0.1, 0.15) is 22.0 Å². The van der Waals surface area contributed by atoms with Gasteiger partial charge in [-0.15, -0.1) is 0 Å². The lowest BCUT2D eigenvalue weighted by molar-refractivity contribution is -0.384. The molecular weight excluding hydrogens is 785 g/mol. The first-order chi connectivity index (χ1) is 28.9. The van der Waals surface area contributed by atoms with Crippen molar-refractivity contribution in [2.45, 2.75) is 75.3 Å². The van der Waals surface area contributed by atoms with E-state index in [9.17, 15) is 23.3 Å². The van der Waals surface area contributed by atoms with Crippen molar-refractivity contribution in [1.29, 1.82) is 0 Å². The highest BCUT2D eigenvalue weighted by molar-refractivity contribution is 7.90. The molecule has 2 aromatic carbocycles. The Morgan fingerprint density at radius 2 is 1.85 bits per heavy atom. The largest absolute Gasteiger partial charge is 0.455 e. The van der Waals surface area contributed by atoms with Crippen LogP contribution >= 0.6 is 0 Å². The van der Waals surface area contributed by atoms with Gasteiger partial charge in [0.2, 0.25) is 5.82 Å². The highest BCUT2D eigenvalue weighted by Crippen LogP contribution is 2.54. The number of nitrogens with one attached hydrogen (secondary N) is 3. The van der Waals surface area contributed by atoms with E-state index in [-0.39, 0.29) is 28.5 Å². The molecule has 16 heteroatoms. The predicted molar refractivity (Wildman–Crippen MR) is 227 cm³/mol. The first kappa shape index (κ1) is 39.9. The number of hydrogen-bond acceptors (Lipinski definition) is 12. The molecule has 3 aromatic heterocycles. The summed E-state index contributed by atoms with van der Waals surface area (Å²) in [5.41, 5.74) is 4.11. The highest BCUT2D eigenvalue weighted by atomic mass is 32.2.